The Kier molecular flexibility index (Phi) is 4.81. The second kappa shape index (κ2) is 7.28. The highest BCUT2D eigenvalue weighted by Crippen LogP contribution is 2.30. The summed E-state index contributed by atoms with van der Waals surface area (Å²) < 4.78 is 6.14. The molecule has 0 spiro atoms. The van der Waals surface area contributed by atoms with Gasteiger partial charge in [0.05, 0.1) is 10.0 Å². The van der Waals surface area contributed by atoms with E-state index in [4.69, 9.17) is 4.42 Å². The number of nitrogens with zero attached hydrogens (tertiary/aromatic N) is 1. The van der Waals surface area contributed by atoms with Crippen molar-refractivity contribution >= 4 is 39.1 Å². The van der Waals surface area contributed by atoms with Crippen molar-refractivity contribution in [1.29, 1.82) is 0 Å². The predicted octanol–water partition coefficient (Wildman–Crippen LogP) is 5.11. The molecule has 5 nitrogen and oxygen atoms in total. The van der Waals surface area contributed by atoms with Gasteiger partial charge in [-0.1, -0.05) is 18.2 Å². The number of hydrogen-bond acceptors (Lipinski definition) is 3. The van der Waals surface area contributed by atoms with Crippen molar-refractivity contribution in [2.45, 2.75) is 20.3 Å². The Labute approximate surface area is 171 Å². The number of amides is 2. The molecule has 3 aromatic rings. The summed E-state index contributed by atoms with van der Waals surface area (Å²) in [5.41, 5.74) is 3.85. The number of rotatable bonds is 3. The number of carbonyl (C=O) groups is 2. The molecule has 0 unspecified atom stereocenters. The van der Waals surface area contributed by atoms with Crippen LogP contribution in [0.3, 0.4) is 0 Å². The third-order valence-electron chi connectivity index (χ3n) is 4.94. The highest BCUT2D eigenvalue weighted by Gasteiger charge is 2.25. The fourth-order valence-electron chi connectivity index (χ4n) is 3.51. The van der Waals surface area contributed by atoms with E-state index >= 15 is 0 Å². The van der Waals surface area contributed by atoms with Gasteiger partial charge in [-0.05, 0) is 72.1 Å². The van der Waals surface area contributed by atoms with Crippen LogP contribution in [0.15, 0.2) is 57.4 Å². The molecule has 1 N–H and O–H groups in total. The molecule has 1 aliphatic rings. The number of fused-ring (bicyclic) bond motifs is 1. The fraction of sp³-hybridized carbons (Fsp3) is 0.182. The first-order valence-corrected chi connectivity index (χ1v) is 9.81. The third kappa shape index (κ3) is 3.24. The number of aryl methyl sites for hydroxylation is 2. The van der Waals surface area contributed by atoms with Gasteiger partial charge in [-0.2, -0.15) is 0 Å². The minimum absolute atomic E-state index is 0.0353. The molecule has 2 aromatic carbocycles. The smallest absolute Gasteiger partial charge is 0.260 e. The van der Waals surface area contributed by atoms with E-state index in [1.165, 1.54) is 5.56 Å². The highest BCUT2D eigenvalue weighted by atomic mass is 79.9. The zero-order valence-electron chi connectivity index (χ0n) is 15.6. The first kappa shape index (κ1) is 18.5. The Morgan fingerprint density at radius 2 is 1.75 bits per heavy atom. The molecule has 28 heavy (non-hydrogen) atoms. The second-order valence-electron chi connectivity index (χ2n) is 6.77. The maximum absolute atomic E-state index is 12.9. The minimum Gasteiger partial charge on any atom is -0.465 e. The summed E-state index contributed by atoms with van der Waals surface area (Å²) in [6, 6.07) is 14.9. The van der Waals surface area contributed by atoms with Gasteiger partial charge < -0.3 is 14.6 Å². The lowest BCUT2D eigenvalue weighted by molar-refractivity contribution is 0.0988. The fourth-order valence-corrected chi connectivity index (χ4v) is 4.05. The van der Waals surface area contributed by atoms with E-state index in [9.17, 15) is 9.59 Å². The van der Waals surface area contributed by atoms with E-state index in [0.29, 0.717) is 39.4 Å². The first-order chi connectivity index (χ1) is 13.5. The number of para-hydroxylation sites is 1. The summed E-state index contributed by atoms with van der Waals surface area (Å²) in [6.45, 7) is 4.23. The second-order valence-corrected chi connectivity index (χ2v) is 7.56. The van der Waals surface area contributed by atoms with Crippen LogP contribution in [-0.2, 0) is 6.42 Å². The van der Waals surface area contributed by atoms with E-state index in [1.807, 2.05) is 18.2 Å². The van der Waals surface area contributed by atoms with Crippen molar-refractivity contribution in [3.8, 4) is 0 Å². The molecular formula is C22H19BrN2O3. The molecule has 0 atom stereocenters. The largest absolute Gasteiger partial charge is 0.465 e. The van der Waals surface area contributed by atoms with Gasteiger partial charge in [-0.15, -0.1) is 0 Å². The molecule has 2 amide bonds. The molecule has 4 rings (SSSR count). The van der Waals surface area contributed by atoms with Gasteiger partial charge in [0, 0.05) is 23.5 Å². The average Bonchev–Trinajstić information content (AvgIpc) is 3.22. The summed E-state index contributed by atoms with van der Waals surface area (Å²) in [5.74, 6) is 0.927. The lowest BCUT2D eigenvalue weighted by Crippen LogP contribution is -2.28. The molecule has 0 aliphatic carbocycles. The molecule has 2 heterocycles. The molecule has 1 aliphatic heterocycles. The predicted molar refractivity (Wildman–Crippen MR) is 112 cm³/mol. The molecule has 6 heteroatoms. The zero-order chi connectivity index (χ0) is 19.8. The summed E-state index contributed by atoms with van der Waals surface area (Å²) in [5, 5.41) is 2.85. The number of carbonyl (C=O) groups excluding carboxylic acids is 2. The van der Waals surface area contributed by atoms with E-state index < -0.39 is 0 Å². The van der Waals surface area contributed by atoms with Crippen molar-refractivity contribution < 1.29 is 14.0 Å². The molecule has 0 saturated heterocycles. The van der Waals surface area contributed by atoms with Gasteiger partial charge in [-0.3, -0.25) is 9.59 Å². The van der Waals surface area contributed by atoms with Crippen molar-refractivity contribution in [3.63, 3.8) is 0 Å². The Morgan fingerprint density at radius 3 is 2.43 bits per heavy atom. The SMILES string of the molecule is Cc1oc(C)c(C(=O)Nc2ccc(C(=O)N3CCc4ccccc43)cc2)c1Br. The zero-order valence-corrected chi connectivity index (χ0v) is 17.2. The third-order valence-corrected chi connectivity index (χ3v) is 5.89. The van der Waals surface area contributed by atoms with Crippen LogP contribution in [0.2, 0.25) is 0 Å². The Bertz CT molecular complexity index is 1070. The van der Waals surface area contributed by atoms with Crippen LogP contribution in [0, 0.1) is 13.8 Å². The van der Waals surface area contributed by atoms with Crippen molar-refractivity contribution in [1.82, 2.24) is 0 Å². The van der Waals surface area contributed by atoms with E-state index in [2.05, 4.69) is 27.3 Å². The molecule has 0 radical (unpaired) electrons. The topological polar surface area (TPSA) is 62.6 Å². The monoisotopic (exact) mass is 438 g/mol. The molecule has 0 bridgehead atoms. The molecule has 0 saturated carbocycles. The van der Waals surface area contributed by atoms with E-state index in [1.54, 1.807) is 43.0 Å². The summed E-state index contributed by atoms with van der Waals surface area (Å²) in [7, 11) is 0. The minimum atomic E-state index is -0.256. The van der Waals surface area contributed by atoms with Crippen molar-refractivity contribution in [2.75, 3.05) is 16.8 Å². The average molecular weight is 439 g/mol. The number of benzene rings is 2. The van der Waals surface area contributed by atoms with Gasteiger partial charge in [0.15, 0.2) is 0 Å². The van der Waals surface area contributed by atoms with Crippen LogP contribution in [0.5, 0.6) is 0 Å². The first-order valence-electron chi connectivity index (χ1n) is 9.02. The highest BCUT2D eigenvalue weighted by molar-refractivity contribution is 9.10. The standard InChI is InChI=1S/C22H19BrN2O3/c1-13-19(20(23)14(2)28-13)21(26)24-17-9-7-16(8-10-17)22(27)25-12-11-15-5-3-4-6-18(15)25/h3-10H,11-12H2,1-2H3,(H,24,26). The van der Waals surface area contributed by atoms with Crippen LogP contribution < -0.4 is 10.2 Å². The van der Waals surface area contributed by atoms with Crippen molar-refractivity contribution in [2.24, 2.45) is 0 Å². The molecule has 142 valence electrons. The molecular weight excluding hydrogens is 420 g/mol. The number of furan rings is 1. The number of halogens is 1. The Balaban J connectivity index is 1.50. The van der Waals surface area contributed by atoms with Crippen LogP contribution >= 0.6 is 15.9 Å². The van der Waals surface area contributed by atoms with E-state index in [-0.39, 0.29) is 11.8 Å². The van der Waals surface area contributed by atoms with E-state index in [0.717, 1.165) is 12.1 Å². The Morgan fingerprint density at radius 1 is 1.04 bits per heavy atom. The number of anilines is 2. The normalized spacial score (nSPS) is 12.8. The number of hydrogen-bond donors (Lipinski definition) is 1. The maximum Gasteiger partial charge on any atom is 0.260 e. The van der Waals surface area contributed by atoms with Crippen LogP contribution in [0.25, 0.3) is 0 Å². The summed E-state index contributed by atoms with van der Waals surface area (Å²) in [6.07, 6.45) is 0.869. The lowest BCUT2D eigenvalue weighted by Gasteiger charge is -2.17. The maximum atomic E-state index is 12.9. The van der Waals surface area contributed by atoms with Crippen LogP contribution in [0.1, 0.15) is 37.8 Å². The van der Waals surface area contributed by atoms with Crippen molar-refractivity contribution in [3.05, 3.63) is 81.2 Å². The van der Waals surface area contributed by atoms with Gasteiger partial charge in [0.1, 0.15) is 11.5 Å². The van der Waals surface area contributed by atoms with Gasteiger partial charge in [0.25, 0.3) is 11.8 Å². The van der Waals surface area contributed by atoms with Gasteiger partial charge in [-0.25, -0.2) is 0 Å². The number of nitrogens with one attached hydrogen (secondary N) is 1. The van der Waals surface area contributed by atoms with Gasteiger partial charge >= 0.3 is 0 Å². The lowest BCUT2D eigenvalue weighted by atomic mass is 10.1. The van der Waals surface area contributed by atoms with Crippen LogP contribution in [0.4, 0.5) is 11.4 Å². The molecule has 0 fully saturated rings. The summed E-state index contributed by atoms with van der Waals surface area (Å²) in [4.78, 5) is 27.2. The Hall–Kier alpha value is -2.86. The quantitative estimate of drug-likeness (QED) is 0.617. The summed E-state index contributed by atoms with van der Waals surface area (Å²) >= 11 is 3.39. The van der Waals surface area contributed by atoms with Crippen LogP contribution in [-0.4, -0.2) is 18.4 Å². The molecule has 1 aromatic heterocycles. The van der Waals surface area contributed by atoms with Gasteiger partial charge in [0.2, 0.25) is 0 Å².